The molecule has 0 saturated heterocycles. The lowest BCUT2D eigenvalue weighted by Gasteiger charge is -2.43. The summed E-state index contributed by atoms with van der Waals surface area (Å²) >= 11 is 1.51. The standard InChI is InChI=1S/C21H39NO6S/c1-7-27-18(24)16(2)14-20(3,4)21(5,15-29-13-10-17(23)26-6)19(25)28-12-9-8-11-22/h16H,7-15,22H2,1-6H3. The molecule has 0 spiro atoms. The molecule has 0 rings (SSSR count). The molecule has 8 heteroatoms. The van der Waals surface area contributed by atoms with E-state index in [1.165, 1.54) is 18.9 Å². The first-order valence-corrected chi connectivity index (χ1v) is 11.4. The minimum absolute atomic E-state index is 0.266. The summed E-state index contributed by atoms with van der Waals surface area (Å²) in [6, 6.07) is 0. The highest BCUT2D eigenvalue weighted by Gasteiger charge is 2.49. The van der Waals surface area contributed by atoms with Crippen molar-refractivity contribution in [3.05, 3.63) is 0 Å². The van der Waals surface area contributed by atoms with Crippen molar-refractivity contribution in [2.75, 3.05) is 38.4 Å². The first-order valence-electron chi connectivity index (χ1n) is 10.2. The van der Waals surface area contributed by atoms with Crippen LogP contribution in [0.1, 0.15) is 60.3 Å². The highest BCUT2D eigenvalue weighted by atomic mass is 32.2. The van der Waals surface area contributed by atoms with E-state index in [2.05, 4.69) is 4.74 Å². The Balaban J connectivity index is 5.26. The van der Waals surface area contributed by atoms with E-state index in [-0.39, 0.29) is 30.2 Å². The highest BCUT2D eigenvalue weighted by molar-refractivity contribution is 7.99. The molecular formula is C21H39NO6S. The average molecular weight is 434 g/mol. The van der Waals surface area contributed by atoms with Crippen molar-refractivity contribution in [2.45, 2.75) is 60.3 Å². The van der Waals surface area contributed by atoms with Crippen LogP contribution in [0.25, 0.3) is 0 Å². The van der Waals surface area contributed by atoms with Gasteiger partial charge in [-0.25, -0.2) is 0 Å². The fraction of sp³-hybridized carbons (Fsp3) is 0.857. The Bertz CT molecular complexity index is 525. The largest absolute Gasteiger partial charge is 0.469 e. The smallest absolute Gasteiger partial charge is 0.313 e. The lowest BCUT2D eigenvalue weighted by atomic mass is 9.64. The van der Waals surface area contributed by atoms with Crippen LogP contribution >= 0.6 is 11.8 Å². The van der Waals surface area contributed by atoms with Gasteiger partial charge in [-0.15, -0.1) is 0 Å². The fourth-order valence-corrected chi connectivity index (χ4v) is 4.37. The second-order valence-corrected chi connectivity index (χ2v) is 9.19. The molecule has 170 valence electrons. The summed E-state index contributed by atoms with van der Waals surface area (Å²) in [7, 11) is 1.36. The molecule has 0 radical (unpaired) electrons. The average Bonchev–Trinajstić information content (AvgIpc) is 2.67. The van der Waals surface area contributed by atoms with Crippen LogP contribution in [0.3, 0.4) is 0 Å². The summed E-state index contributed by atoms with van der Waals surface area (Å²) in [6.45, 7) is 10.6. The second-order valence-electron chi connectivity index (χ2n) is 8.08. The molecule has 2 N–H and O–H groups in total. The molecule has 0 aromatic heterocycles. The number of esters is 3. The van der Waals surface area contributed by atoms with E-state index in [9.17, 15) is 14.4 Å². The normalized spacial score (nSPS) is 14.6. The second kappa shape index (κ2) is 13.9. The molecule has 2 unspecified atom stereocenters. The molecule has 0 aromatic carbocycles. The molecule has 0 aromatic rings. The van der Waals surface area contributed by atoms with Crippen LogP contribution in [0, 0.1) is 16.7 Å². The third-order valence-electron chi connectivity index (χ3n) is 5.35. The number of unbranched alkanes of at least 4 members (excludes halogenated alkanes) is 1. The number of ether oxygens (including phenoxy) is 3. The van der Waals surface area contributed by atoms with E-state index in [0.29, 0.717) is 44.1 Å². The predicted molar refractivity (Wildman–Crippen MR) is 116 cm³/mol. The molecule has 7 nitrogen and oxygen atoms in total. The summed E-state index contributed by atoms with van der Waals surface area (Å²) in [5.74, 6) is -0.152. The topological polar surface area (TPSA) is 105 Å². The van der Waals surface area contributed by atoms with Gasteiger partial charge in [-0.2, -0.15) is 11.8 Å². The first kappa shape index (κ1) is 27.7. The van der Waals surface area contributed by atoms with Gasteiger partial charge in [-0.1, -0.05) is 20.8 Å². The molecule has 29 heavy (non-hydrogen) atoms. The Morgan fingerprint density at radius 1 is 1.10 bits per heavy atom. The van der Waals surface area contributed by atoms with Gasteiger partial charge >= 0.3 is 17.9 Å². The Morgan fingerprint density at radius 3 is 2.31 bits per heavy atom. The molecular weight excluding hydrogens is 394 g/mol. The van der Waals surface area contributed by atoms with E-state index in [1.54, 1.807) is 6.92 Å². The molecule has 0 amide bonds. The van der Waals surface area contributed by atoms with Crippen molar-refractivity contribution in [3.8, 4) is 0 Å². The molecule has 2 atom stereocenters. The quantitative estimate of drug-likeness (QED) is 0.238. The van der Waals surface area contributed by atoms with Gasteiger partial charge in [0.15, 0.2) is 0 Å². The van der Waals surface area contributed by atoms with Gasteiger partial charge in [0.2, 0.25) is 0 Å². The lowest BCUT2D eigenvalue weighted by molar-refractivity contribution is -0.163. The molecule has 0 heterocycles. The van der Waals surface area contributed by atoms with Gasteiger partial charge < -0.3 is 19.9 Å². The van der Waals surface area contributed by atoms with Gasteiger partial charge in [-0.05, 0) is 45.1 Å². The van der Waals surface area contributed by atoms with Crippen molar-refractivity contribution in [3.63, 3.8) is 0 Å². The number of carbonyl (C=O) groups excluding carboxylic acids is 3. The summed E-state index contributed by atoms with van der Waals surface area (Å²) < 4.78 is 15.4. The summed E-state index contributed by atoms with van der Waals surface area (Å²) in [4.78, 5) is 36.5. The number of nitrogens with two attached hydrogens (primary N) is 1. The third kappa shape index (κ3) is 9.38. The molecule has 0 bridgehead atoms. The third-order valence-corrected chi connectivity index (χ3v) is 6.62. The Labute approximate surface area is 179 Å². The number of thioether (sulfide) groups is 1. The highest BCUT2D eigenvalue weighted by Crippen LogP contribution is 2.47. The minimum Gasteiger partial charge on any atom is -0.469 e. The number of rotatable bonds is 15. The molecule has 0 aliphatic heterocycles. The van der Waals surface area contributed by atoms with E-state index in [0.717, 1.165) is 6.42 Å². The first-order chi connectivity index (χ1) is 13.6. The number of methoxy groups -OCH3 is 1. The van der Waals surface area contributed by atoms with Crippen molar-refractivity contribution in [1.29, 1.82) is 0 Å². The summed E-state index contributed by atoms with van der Waals surface area (Å²) in [5.41, 5.74) is 4.14. The van der Waals surface area contributed by atoms with E-state index >= 15 is 0 Å². The van der Waals surface area contributed by atoms with Crippen LogP contribution in [0.2, 0.25) is 0 Å². The van der Waals surface area contributed by atoms with Gasteiger partial charge in [0.25, 0.3) is 0 Å². The summed E-state index contributed by atoms with van der Waals surface area (Å²) in [5, 5.41) is 0. The maximum Gasteiger partial charge on any atom is 0.313 e. The fourth-order valence-electron chi connectivity index (χ4n) is 2.99. The molecule has 0 fully saturated rings. The zero-order valence-electron chi connectivity index (χ0n) is 18.9. The van der Waals surface area contributed by atoms with Crippen LogP contribution in [-0.2, 0) is 28.6 Å². The van der Waals surface area contributed by atoms with Crippen LogP contribution in [0.4, 0.5) is 0 Å². The molecule has 0 aliphatic rings. The van der Waals surface area contributed by atoms with Gasteiger partial charge in [-0.3, -0.25) is 14.4 Å². The maximum atomic E-state index is 13.1. The van der Waals surface area contributed by atoms with Crippen LogP contribution in [-0.4, -0.2) is 56.3 Å². The maximum absolute atomic E-state index is 13.1. The van der Waals surface area contributed by atoms with E-state index in [1.807, 2.05) is 27.7 Å². The Kier molecular flexibility index (Phi) is 13.2. The predicted octanol–water partition coefficient (Wildman–Crippen LogP) is 3.19. The number of hydrogen-bond donors (Lipinski definition) is 1. The number of hydrogen-bond acceptors (Lipinski definition) is 8. The van der Waals surface area contributed by atoms with Crippen molar-refractivity contribution in [1.82, 2.24) is 0 Å². The van der Waals surface area contributed by atoms with E-state index in [4.69, 9.17) is 15.2 Å². The lowest BCUT2D eigenvalue weighted by Crippen LogP contribution is -2.47. The zero-order valence-corrected chi connectivity index (χ0v) is 19.7. The Morgan fingerprint density at radius 2 is 1.76 bits per heavy atom. The van der Waals surface area contributed by atoms with Crippen molar-refractivity contribution in [2.24, 2.45) is 22.5 Å². The zero-order chi connectivity index (χ0) is 22.5. The van der Waals surface area contributed by atoms with E-state index < -0.39 is 10.8 Å². The van der Waals surface area contributed by atoms with Crippen LogP contribution in [0.5, 0.6) is 0 Å². The van der Waals surface area contributed by atoms with Crippen molar-refractivity contribution < 1.29 is 28.6 Å². The van der Waals surface area contributed by atoms with Gasteiger partial charge in [0, 0.05) is 11.5 Å². The molecule has 0 saturated carbocycles. The van der Waals surface area contributed by atoms with Crippen molar-refractivity contribution >= 4 is 29.7 Å². The minimum atomic E-state index is -0.836. The summed E-state index contributed by atoms with van der Waals surface area (Å²) in [6.07, 6.45) is 2.27. The SMILES string of the molecule is CCOC(=O)C(C)CC(C)(C)C(C)(CSCCC(=O)OC)C(=O)OCCCCN. The van der Waals surface area contributed by atoms with Gasteiger partial charge in [0.05, 0.1) is 38.1 Å². The van der Waals surface area contributed by atoms with Gasteiger partial charge in [0.1, 0.15) is 0 Å². The van der Waals surface area contributed by atoms with Crippen LogP contribution in [0.15, 0.2) is 0 Å². The van der Waals surface area contributed by atoms with Crippen LogP contribution < -0.4 is 5.73 Å². The monoisotopic (exact) mass is 433 g/mol. The molecule has 0 aliphatic carbocycles. The Hall–Kier alpha value is -1.28. The number of carbonyl (C=O) groups is 3.